The molecule has 9 heteroatoms. The smallest absolute Gasteiger partial charge is 0.279 e. The zero-order chi connectivity index (χ0) is 23.0. The number of hydrogen-bond donors (Lipinski definition) is 1. The average molecular weight is 457 g/mol. The number of methoxy groups -OCH3 is 2. The highest BCUT2D eigenvalue weighted by Crippen LogP contribution is 2.41. The fourth-order valence-corrected chi connectivity index (χ4v) is 5.44. The van der Waals surface area contributed by atoms with Crippen molar-refractivity contribution in [1.29, 1.82) is 0 Å². The van der Waals surface area contributed by atoms with E-state index in [1.54, 1.807) is 36.6 Å². The zero-order valence-corrected chi connectivity index (χ0v) is 19.8. The number of carbonyl (C=O) groups excluding carboxylic acids is 1. The molecule has 0 radical (unpaired) electrons. The summed E-state index contributed by atoms with van der Waals surface area (Å²) < 4.78 is 11.6. The van der Waals surface area contributed by atoms with Gasteiger partial charge in [0, 0.05) is 10.9 Å². The maximum absolute atomic E-state index is 13.2. The van der Waals surface area contributed by atoms with Crippen LogP contribution >= 0.6 is 11.3 Å². The number of carbonyl (C=O) groups is 1. The van der Waals surface area contributed by atoms with Crippen molar-refractivity contribution in [3.63, 3.8) is 0 Å². The molecule has 0 fully saturated rings. The Morgan fingerprint density at radius 2 is 2.06 bits per heavy atom. The quantitative estimate of drug-likeness (QED) is 0.630. The minimum absolute atomic E-state index is 0.221. The number of thiophene rings is 1. The molecule has 0 unspecified atom stereocenters. The monoisotopic (exact) mass is 456 g/mol. The SMILES string of the molecule is COc1ccc(OC)c(NC(=O)Cn2nnc3sc4c(c3c2=O)CC[C@@H](C(C)(C)C)C4)c1. The van der Waals surface area contributed by atoms with Crippen LogP contribution in [-0.4, -0.2) is 35.1 Å². The number of anilines is 1. The number of hydrogen-bond acceptors (Lipinski definition) is 7. The number of amides is 1. The highest BCUT2D eigenvalue weighted by atomic mass is 32.1. The molecule has 0 saturated carbocycles. The van der Waals surface area contributed by atoms with Gasteiger partial charge in [0.05, 0.1) is 25.3 Å². The van der Waals surface area contributed by atoms with Crippen molar-refractivity contribution in [3.8, 4) is 11.5 Å². The van der Waals surface area contributed by atoms with Crippen molar-refractivity contribution in [2.75, 3.05) is 19.5 Å². The lowest BCUT2D eigenvalue weighted by Gasteiger charge is -2.33. The van der Waals surface area contributed by atoms with Crippen LogP contribution in [0.3, 0.4) is 0 Å². The van der Waals surface area contributed by atoms with Gasteiger partial charge in [0.2, 0.25) is 5.91 Å². The summed E-state index contributed by atoms with van der Waals surface area (Å²) in [5, 5.41) is 11.7. The number of aryl methyl sites for hydroxylation is 1. The first-order valence-electron chi connectivity index (χ1n) is 10.6. The third-order valence-electron chi connectivity index (χ3n) is 6.14. The van der Waals surface area contributed by atoms with E-state index in [0.717, 1.165) is 29.5 Å². The summed E-state index contributed by atoms with van der Waals surface area (Å²) >= 11 is 1.56. The molecule has 8 nitrogen and oxygen atoms in total. The van der Waals surface area contributed by atoms with E-state index in [1.165, 1.54) is 12.0 Å². The average Bonchev–Trinajstić information content (AvgIpc) is 3.13. The zero-order valence-electron chi connectivity index (χ0n) is 19.0. The second-order valence-corrected chi connectivity index (χ2v) is 10.2. The molecule has 3 aromatic rings. The van der Waals surface area contributed by atoms with Crippen molar-refractivity contribution < 1.29 is 14.3 Å². The van der Waals surface area contributed by atoms with Crippen LogP contribution in [0.2, 0.25) is 0 Å². The van der Waals surface area contributed by atoms with E-state index in [2.05, 4.69) is 36.4 Å². The van der Waals surface area contributed by atoms with Gasteiger partial charge in [-0.1, -0.05) is 26.0 Å². The molecule has 1 aliphatic rings. The van der Waals surface area contributed by atoms with Crippen LogP contribution in [0.5, 0.6) is 11.5 Å². The molecule has 32 heavy (non-hydrogen) atoms. The molecule has 0 spiro atoms. The number of nitrogens with zero attached hydrogens (tertiary/aromatic N) is 3. The Morgan fingerprint density at radius 3 is 2.75 bits per heavy atom. The molecule has 1 amide bonds. The van der Waals surface area contributed by atoms with Gasteiger partial charge >= 0.3 is 0 Å². The van der Waals surface area contributed by atoms with E-state index >= 15 is 0 Å². The van der Waals surface area contributed by atoms with Gasteiger partial charge in [-0.25, -0.2) is 4.68 Å². The lowest BCUT2D eigenvalue weighted by atomic mass is 9.72. The summed E-state index contributed by atoms with van der Waals surface area (Å²) in [7, 11) is 3.06. The molecule has 4 rings (SSSR count). The summed E-state index contributed by atoms with van der Waals surface area (Å²) in [5.41, 5.74) is 1.49. The van der Waals surface area contributed by atoms with Gasteiger partial charge in [0.15, 0.2) is 4.83 Å². The summed E-state index contributed by atoms with van der Waals surface area (Å²) in [5.74, 6) is 1.25. The van der Waals surface area contributed by atoms with E-state index in [1.807, 2.05) is 0 Å². The van der Waals surface area contributed by atoms with E-state index in [0.29, 0.717) is 33.3 Å². The van der Waals surface area contributed by atoms with Crippen molar-refractivity contribution in [2.45, 2.75) is 46.6 Å². The Hall–Kier alpha value is -2.94. The Labute approximate surface area is 190 Å². The standard InChI is InChI=1S/C23H28N4O4S/c1-23(2,3)13-6-8-15-18(10-13)32-21-20(15)22(29)27(26-25-21)12-19(28)24-16-11-14(30-4)7-9-17(16)31-5/h7,9,11,13H,6,8,10,12H2,1-5H3,(H,24,28)/t13-/m1/s1. The molecule has 1 N–H and O–H groups in total. The molecular formula is C23H28N4O4S. The second kappa shape index (κ2) is 8.54. The largest absolute Gasteiger partial charge is 0.497 e. The molecule has 170 valence electrons. The molecule has 1 aliphatic carbocycles. The summed E-state index contributed by atoms with van der Waals surface area (Å²) in [6, 6.07) is 5.10. The van der Waals surface area contributed by atoms with Crippen LogP contribution < -0.4 is 20.3 Å². The Kier molecular flexibility index (Phi) is 5.94. The van der Waals surface area contributed by atoms with Crippen molar-refractivity contribution in [3.05, 3.63) is 39.0 Å². The Morgan fingerprint density at radius 1 is 1.28 bits per heavy atom. The number of aromatic nitrogens is 3. The maximum atomic E-state index is 13.2. The molecule has 1 aromatic carbocycles. The fraction of sp³-hybridized carbons (Fsp3) is 0.478. The number of fused-ring (bicyclic) bond motifs is 3. The summed E-state index contributed by atoms with van der Waals surface area (Å²) in [6.45, 7) is 6.55. The first-order valence-corrected chi connectivity index (χ1v) is 11.4. The number of rotatable bonds is 5. The lowest BCUT2D eigenvalue weighted by molar-refractivity contribution is -0.117. The van der Waals surface area contributed by atoms with Crippen LogP contribution in [0.1, 0.15) is 37.6 Å². The van der Waals surface area contributed by atoms with E-state index in [9.17, 15) is 9.59 Å². The number of ether oxygens (including phenoxy) is 2. The third kappa shape index (κ3) is 4.21. The van der Waals surface area contributed by atoms with Crippen LogP contribution in [0.4, 0.5) is 5.69 Å². The minimum Gasteiger partial charge on any atom is -0.497 e. The van der Waals surface area contributed by atoms with Crippen molar-refractivity contribution >= 4 is 33.1 Å². The molecule has 2 heterocycles. The van der Waals surface area contributed by atoms with Gasteiger partial charge in [0.1, 0.15) is 18.0 Å². The van der Waals surface area contributed by atoms with Crippen molar-refractivity contribution in [1.82, 2.24) is 15.0 Å². The lowest BCUT2D eigenvalue weighted by Crippen LogP contribution is -2.31. The molecule has 1 atom stereocenters. The van der Waals surface area contributed by atoms with E-state index in [-0.39, 0.29) is 17.5 Å². The van der Waals surface area contributed by atoms with Crippen LogP contribution in [0, 0.1) is 11.3 Å². The highest BCUT2D eigenvalue weighted by molar-refractivity contribution is 7.18. The van der Waals surface area contributed by atoms with Gasteiger partial charge in [0.25, 0.3) is 5.56 Å². The number of nitrogens with one attached hydrogen (secondary N) is 1. The van der Waals surface area contributed by atoms with Crippen LogP contribution in [0.15, 0.2) is 23.0 Å². The molecular weight excluding hydrogens is 428 g/mol. The van der Waals surface area contributed by atoms with E-state index in [4.69, 9.17) is 9.47 Å². The van der Waals surface area contributed by atoms with Crippen molar-refractivity contribution in [2.24, 2.45) is 11.3 Å². The molecule has 0 aliphatic heterocycles. The first-order chi connectivity index (χ1) is 15.2. The fourth-order valence-electron chi connectivity index (χ4n) is 4.21. The van der Waals surface area contributed by atoms with Gasteiger partial charge in [-0.2, -0.15) is 0 Å². The van der Waals surface area contributed by atoms with Gasteiger partial charge in [-0.05, 0) is 48.3 Å². The Balaban J connectivity index is 1.59. The predicted molar refractivity (Wildman–Crippen MR) is 125 cm³/mol. The minimum atomic E-state index is -0.399. The predicted octanol–water partition coefficient (Wildman–Crippen LogP) is 3.66. The van der Waals surface area contributed by atoms with Gasteiger partial charge in [-0.3, -0.25) is 9.59 Å². The Bertz CT molecular complexity index is 1230. The summed E-state index contributed by atoms with van der Waals surface area (Å²) in [4.78, 5) is 27.8. The topological polar surface area (TPSA) is 95.3 Å². The molecule has 2 aromatic heterocycles. The molecule has 0 bridgehead atoms. The maximum Gasteiger partial charge on any atom is 0.279 e. The van der Waals surface area contributed by atoms with Gasteiger partial charge in [-0.15, -0.1) is 16.4 Å². The third-order valence-corrected chi connectivity index (χ3v) is 7.28. The first kappa shape index (κ1) is 22.3. The molecule has 0 saturated heterocycles. The second-order valence-electron chi connectivity index (χ2n) is 9.16. The van der Waals surface area contributed by atoms with E-state index < -0.39 is 5.91 Å². The normalized spacial score (nSPS) is 16.0. The highest BCUT2D eigenvalue weighted by Gasteiger charge is 2.32. The van der Waals surface area contributed by atoms with Gasteiger partial charge < -0.3 is 14.8 Å². The van der Waals surface area contributed by atoms with Crippen LogP contribution in [-0.2, 0) is 24.2 Å². The summed E-state index contributed by atoms with van der Waals surface area (Å²) in [6.07, 6.45) is 2.85. The number of benzene rings is 1. The van der Waals surface area contributed by atoms with Crippen LogP contribution in [0.25, 0.3) is 10.2 Å².